The predicted octanol–water partition coefficient (Wildman–Crippen LogP) is -3.98. The summed E-state index contributed by atoms with van der Waals surface area (Å²) in [6.45, 7) is 5.76. The maximum atomic E-state index is 13.1. The van der Waals surface area contributed by atoms with Gasteiger partial charge in [-0.2, -0.15) is 0 Å². The van der Waals surface area contributed by atoms with Crippen LogP contribution < -0.4 is 38.5 Å². The molecule has 0 fully saturated rings. The van der Waals surface area contributed by atoms with Crippen molar-refractivity contribution in [3.05, 3.63) is 0 Å². The molecule has 0 bridgehead atoms. The Bertz CT molecular complexity index is 984. The maximum absolute atomic E-state index is 13.1. The summed E-state index contributed by atoms with van der Waals surface area (Å²) in [7, 11) is 0. The van der Waals surface area contributed by atoms with E-state index in [1.165, 1.54) is 13.8 Å². The van der Waals surface area contributed by atoms with Crippen LogP contribution in [0.25, 0.3) is 0 Å². The number of rotatable bonds is 17. The zero-order valence-electron chi connectivity index (χ0n) is 22.1. The summed E-state index contributed by atoms with van der Waals surface area (Å²) in [6.07, 6.45) is -1.80. The van der Waals surface area contributed by atoms with Gasteiger partial charge >= 0.3 is 11.9 Å². The molecule has 6 amide bonds. The van der Waals surface area contributed by atoms with Crippen LogP contribution in [0, 0.1) is 5.92 Å². The molecular formula is C22H37N7O10. The van der Waals surface area contributed by atoms with Crippen molar-refractivity contribution in [2.24, 2.45) is 23.1 Å². The molecule has 0 radical (unpaired) electrons. The molecule has 0 spiro atoms. The van der Waals surface area contributed by atoms with Gasteiger partial charge in [-0.25, -0.2) is 4.79 Å². The van der Waals surface area contributed by atoms with Gasteiger partial charge in [0.15, 0.2) is 0 Å². The maximum Gasteiger partial charge on any atom is 0.326 e. The van der Waals surface area contributed by atoms with E-state index >= 15 is 0 Å². The van der Waals surface area contributed by atoms with Crippen molar-refractivity contribution in [1.82, 2.24) is 21.3 Å². The molecule has 0 aliphatic carbocycles. The van der Waals surface area contributed by atoms with Gasteiger partial charge < -0.3 is 48.7 Å². The molecule has 0 unspecified atom stereocenters. The van der Waals surface area contributed by atoms with E-state index in [4.69, 9.17) is 22.3 Å². The molecule has 0 saturated carbocycles. The average Bonchev–Trinajstić information content (AvgIpc) is 2.79. The molecule has 0 rings (SSSR count). The molecule has 17 heteroatoms. The molecule has 0 aromatic carbocycles. The zero-order valence-corrected chi connectivity index (χ0v) is 22.1. The van der Waals surface area contributed by atoms with Crippen LogP contribution in [0.1, 0.15) is 53.4 Å². The summed E-state index contributed by atoms with van der Waals surface area (Å²) in [5, 5.41) is 27.3. The van der Waals surface area contributed by atoms with Gasteiger partial charge in [0.05, 0.1) is 25.3 Å². The highest BCUT2D eigenvalue weighted by Crippen LogP contribution is 2.12. The van der Waals surface area contributed by atoms with E-state index in [0.29, 0.717) is 6.42 Å². The number of hydrogen-bond donors (Lipinski definition) is 9. The van der Waals surface area contributed by atoms with Crippen LogP contribution in [0.15, 0.2) is 0 Å². The van der Waals surface area contributed by atoms with Crippen molar-refractivity contribution < 1.29 is 48.6 Å². The Morgan fingerprint density at radius 2 is 1.28 bits per heavy atom. The van der Waals surface area contributed by atoms with Crippen LogP contribution >= 0.6 is 0 Å². The number of nitrogens with two attached hydrogens (primary N) is 3. The number of amides is 6. The Hall–Kier alpha value is -4.28. The fourth-order valence-electron chi connectivity index (χ4n) is 3.11. The number of carboxylic acid groups (broad SMARTS) is 2. The normalized spacial score (nSPS) is 14.9. The Balaban J connectivity index is 5.72. The van der Waals surface area contributed by atoms with Crippen LogP contribution in [-0.4, -0.2) is 87.3 Å². The molecule has 0 saturated heterocycles. The van der Waals surface area contributed by atoms with Crippen molar-refractivity contribution in [3.8, 4) is 0 Å². The van der Waals surface area contributed by atoms with Crippen LogP contribution in [0.4, 0.5) is 0 Å². The first-order valence-corrected chi connectivity index (χ1v) is 11.8. The van der Waals surface area contributed by atoms with Crippen molar-refractivity contribution in [3.63, 3.8) is 0 Å². The molecule has 5 atom stereocenters. The summed E-state index contributed by atoms with van der Waals surface area (Å²) < 4.78 is 0. The van der Waals surface area contributed by atoms with Crippen LogP contribution in [0.5, 0.6) is 0 Å². The number of carbonyl (C=O) groups excluding carboxylic acids is 6. The quantitative estimate of drug-likeness (QED) is 0.0827. The molecule has 0 aliphatic rings. The SMILES string of the molecule is CC[C@H](C)[C@H](NC(=O)C(C)(C)NC(=O)[C@H](CC(=O)O)NC(=O)[C@@H](N)CC(N)=O)C(=O)N[C@@H](CC(N)=O)C(=O)O. The van der Waals surface area contributed by atoms with Crippen LogP contribution in [0.2, 0.25) is 0 Å². The highest BCUT2D eigenvalue weighted by Gasteiger charge is 2.38. The summed E-state index contributed by atoms with van der Waals surface area (Å²) in [6, 6.07) is -6.09. The van der Waals surface area contributed by atoms with Crippen LogP contribution in [0.3, 0.4) is 0 Å². The number of aliphatic carboxylic acids is 2. The smallest absolute Gasteiger partial charge is 0.326 e. The second kappa shape index (κ2) is 15.2. The summed E-state index contributed by atoms with van der Waals surface area (Å²) in [5.41, 5.74) is 13.7. The van der Waals surface area contributed by atoms with E-state index in [1.807, 2.05) is 0 Å². The minimum Gasteiger partial charge on any atom is -0.481 e. The third-order valence-corrected chi connectivity index (χ3v) is 5.57. The monoisotopic (exact) mass is 559 g/mol. The van der Waals surface area contributed by atoms with Gasteiger partial charge in [-0.3, -0.25) is 33.6 Å². The number of carboxylic acids is 2. The van der Waals surface area contributed by atoms with Crippen molar-refractivity contribution >= 4 is 47.4 Å². The molecule has 0 aliphatic heterocycles. The second-order valence-corrected chi connectivity index (χ2v) is 9.46. The van der Waals surface area contributed by atoms with Gasteiger partial charge in [-0.15, -0.1) is 0 Å². The Morgan fingerprint density at radius 1 is 0.769 bits per heavy atom. The van der Waals surface area contributed by atoms with Gasteiger partial charge in [0.2, 0.25) is 35.4 Å². The fourth-order valence-corrected chi connectivity index (χ4v) is 3.11. The van der Waals surface area contributed by atoms with E-state index < -0.39 is 102 Å². The van der Waals surface area contributed by atoms with Gasteiger partial charge in [0, 0.05) is 0 Å². The highest BCUT2D eigenvalue weighted by atomic mass is 16.4. The standard InChI is InChI=1S/C22H37N7O10/c1-5-9(2)16(19(36)27-12(20(37)38)7-14(25)31)28-21(39)22(3,4)29-18(35)11(8-15(32)33)26-17(34)10(23)6-13(24)30/h9-12,16H,5-8,23H2,1-4H3,(H2,24,30)(H2,25,31)(H,26,34)(H,27,36)(H,28,39)(H,29,35)(H,32,33)(H,37,38)/t9-,10-,11-,12-,16-/m0/s1. The van der Waals surface area contributed by atoms with E-state index in [1.54, 1.807) is 13.8 Å². The first-order valence-electron chi connectivity index (χ1n) is 11.8. The minimum absolute atomic E-state index is 0.358. The van der Waals surface area contributed by atoms with Gasteiger partial charge in [-0.05, 0) is 19.8 Å². The fraction of sp³-hybridized carbons (Fsp3) is 0.636. The molecule has 17 nitrogen and oxygen atoms in total. The molecule has 0 aromatic heterocycles. The van der Waals surface area contributed by atoms with Crippen molar-refractivity contribution in [2.75, 3.05) is 0 Å². The lowest BCUT2D eigenvalue weighted by Gasteiger charge is -2.32. The average molecular weight is 560 g/mol. The molecular weight excluding hydrogens is 522 g/mol. The highest BCUT2D eigenvalue weighted by molar-refractivity contribution is 5.98. The van der Waals surface area contributed by atoms with Gasteiger partial charge in [0.1, 0.15) is 23.7 Å². The Kier molecular flexibility index (Phi) is 13.5. The van der Waals surface area contributed by atoms with Gasteiger partial charge in [0.25, 0.3) is 0 Å². The van der Waals surface area contributed by atoms with Crippen molar-refractivity contribution in [1.29, 1.82) is 0 Å². The zero-order chi connectivity index (χ0) is 30.7. The lowest BCUT2D eigenvalue weighted by atomic mass is 9.95. The van der Waals surface area contributed by atoms with E-state index in [-0.39, 0.29) is 0 Å². The van der Waals surface area contributed by atoms with Crippen molar-refractivity contribution in [2.45, 2.75) is 83.1 Å². The lowest BCUT2D eigenvalue weighted by molar-refractivity contribution is -0.144. The first-order chi connectivity index (χ1) is 17.8. The summed E-state index contributed by atoms with van der Waals surface area (Å²) in [4.78, 5) is 95.7. The number of carbonyl (C=O) groups is 8. The molecule has 220 valence electrons. The molecule has 0 heterocycles. The second-order valence-electron chi connectivity index (χ2n) is 9.46. The lowest BCUT2D eigenvalue weighted by Crippen LogP contribution is -2.63. The summed E-state index contributed by atoms with van der Waals surface area (Å²) in [5.74, 6) is -9.37. The van der Waals surface area contributed by atoms with E-state index in [0.717, 1.165) is 0 Å². The topological polar surface area (TPSA) is 303 Å². The Labute approximate surface area is 224 Å². The number of nitrogens with one attached hydrogen (secondary N) is 4. The first kappa shape index (κ1) is 34.7. The number of hydrogen-bond acceptors (Lipinski definition) is 9. The molecule has 39 heavy (non-hydrogen) atoms. The van der Waals surface area contributed by atoms with E-state index in [2.05, 4.69) is 21.3 Å². The van der Waals surface area contributed by atoms with Gasteiger partial charge in [-0.1, -0.05) is 20.3 Å². The third kappa shape index (κ3) is 12.2. The van der Waals surface area contributed by atoms with Crippen LogP contribution in [-0.2, 0) is 38.4 Å². The predicted molar refractivity (Wildman–Crippen MR) is 133 cm³/mol. The molecule has 12 N–H and O–H groups in total. The summed E-state index contributed by atoms with van der Waals surface area (Å²) >= 11 is 0. The minimum atomic E-state index is -1.78. The Morgan fingerprint density at radius 3 is 1.72 bits per heavy atom. The number of primary amides is 2. The third-order valence-electron chi connectivity index (χ3n) is 5.57. The largest absolute Gasteiger partial charge is 0.481 e. The molecule has 0 aromatic rings. The van der Waals surface area contributed by atoms with E-state index in [9.17, 15) is 43.5 Å².